The molecule has 4 nitrogen and oxygen atoms in total. The van der Waals surface area contributed by atoms with Gasteiger partial charge in [-0.05, 0) is 37.0 Å². The molecule has 2 aliphatic rings. The van der Waals surface area contributed by atoms with E-state index in [1.165, 1.54) is 4.90 Å². The lowest BCUT2D eigenvalue weighted by atomic mass is 9.81. The lowest BCUT2D eigenvalue weighted by Gasteiger charge is -2.23. The van der Waals surface area contributed by atoms with Crippen LogP contribution in [-0.4, -0.2) is 35.0 Å². The fourth-order valence-corrected chi connectivity index (χ4v) is 3.85. The maximum absolute atomic E-state index is 13.5. The van der Waals surface area contributed by atoms with Gasteiger partial charge in [-0.25, -0.2) is 4.39 Å². The van der Waals surface area contributed by atoms with E-state index in [1.54, 1.807) is 0 Å². The number of fused-ring (bicyclic) bond motifs is 1. The number of hydrogen-bond acceptors (Lipinski definition) is 2. The highest BCUT2D eigenvalue weighted by Gasteiger charge is 2.55. The molecule has 2 fully saturated rings. The molecule has 8 heteroatoms. The average molecular weight is 345 g/mol. The smallest absolute Gasteiger partial charge is 0.416 e. The Morgan fingerprint density at radius 2 is 1.96 bits per heavy atom. The summed E-state index contributed by atoms with van der Waals surface area (Å²) in [6.07, 6.45) is -2.92. The Balaban J connectivity index is 1.89. The van der Waals surface area contributed by atoms with Crippen molar-refractivity contribution in [3.8, 4) is 0 Å². The Morgan fingerprint density at radius 3 is 2.54 bits per heavy atom. The van der Waals surface area contributed by atoms with Gasteiger partial charge in [0.1, 0.15) is 5.82 Å². The SMILES string of the molecule is O=C(c1cc(F)cc(C(F)(F)F)c1)N1C[C@@H]2CCC[C@@]2(C(=O)O)C1. The Hall–Kier alpha value is -2.12. The zero-order valence-electron chi connectivity index (χ0n) is 12.6. The number of carbonyl (C=O) groups is 2. The molecule has 2 atom stereocenters. The normalized spacial score (nSPS) is 26.5. The summed E-state index contributed by atoms with van der Waals surface area (Å²) in [5.41, 5.74) is -2.68. The van der Waals surface area contributed by atoms with Crippen molar-refractivity contribution in [1.29, 1.82) is 0 Å². The molecule has 1 heterocycles. The molecule has 0 radical (unpaired) electrons. The van der Waals surface area contributed by atoms with Gasteiger partial charge in [-0.1, -0.05) is 6.42 Å². The highest BCUT2D eigenvalue weighted by molar-refractivity contribution is 5.95. The molecule has 1 saturated heterocycles. The molecule has 1 saturated carbocycles. The first-order valence-electron chi connectivity index (χ1n) is 7.54. The van der Waals surface area contributed by atoms with Gasteiger partial charge in [-0.2, -0.15) is 13.2 Å². The summed E-state index contributed by atoms with van der Waals surface area (Å²) in [5, 5.41) is 9.49. The van der Waals surface area contributed by atoms with Gasteiger partial charge in [-0.3, -0.25) is 9.59 Å². The van der Waals surface area contributed by atoms with Crippen molar-refractivity contribution < 1.29 is 32.3 Å². The minimum Gasteiger partial charge on any atom is -0.481 e. The van der Waals surface area contributed by atoms with Crippen molar-refractivity contribution in [2.45, 2.75) is 25.4 Å². The zero-order chi connectivity index (χ0) is 17.7. The van der Waals surface area contributed by atoms with Crippen LogP contribution in [0.15, 0.2) is 18.2 Å². The number of halogens is 4. The molecule has 24 heavy (non-hydrogen) atoms. The van der Waals surface area contributed by atoms with E-state index in [9.17, 15) is 32.3 Å². The second kappa shape index (κ2) is 5.46. The third-order valence-electron chi connectivity index (χ3n) is 5.06. The predicted octanol–water partition coefficient (Wildman–Crippen LogP) is 3.17. The summed E-state index contributed by atoms with van der Waals surface area (Å²) < 4.78 is 51.8. The predicted molar refractivity (Wildman–Crippen MR) is 74.7 cm³/mol. The highest BCUT2D eigenvalue weighted by atomic mass is 19.4. The van der Waals surface area contributed by atoms with Crippen molar-refractivity contribution in [2.24, 2.45) is 11.3 Å². The zero-order valence-corrected chi connectivity index (χ0v) is 12.6. The van der Waals surface area contributed by atoms with Crippen LogP contribution in [0.2, 0.25) is 0 Å². The molecular weight excluding hydrogens is 330 g/mol. The van der Waals surface area contributed by atoms with Gasteiger partial charge in [0, 0.05) is 18.7 Å². The van der Waals surface area contributed by atoms with Crippen LogP contribution in [0.25, 0.3) is 0 Å². The van der Waals surface area contributed by atoms with E-state index < -0.39 is 40.4 Å². The van der Waals surface area contributed by atoms with Gasteiger partial charge < -0.3 is 10.0 Å². The van der Waals surface area contributed by atoms with Gasteiger partial charge in [0.2, 0.25) is 0 Å². The van der Waals surface area contributed by atoms with Crippen LogP contribution in [0.5, 0.6) is 0 Å². The summed E-state index contributed by atoms with van der Waals surface area (Å²) >= 11 is 0. The molecule has 1 aliphatic carbocycles. The van der Waals surface area contributed by atoms with Gasteiger partial charge in [0.25, 0.3) is 5.91 Å². The highest BCUT2D eigenvalue weighted by Crippen LogP contribution is 2.49. The lowest BCUT2D eigenvalue weighted by Crippen LogP contribution is -2.37. The molecule has 0 aromatic heterocycles. The Labute approximate surface area is 135 Å². The number of carboxylic acid groups (broad SMARTS) is 1. The van der Waals surface area contributed by atoms with Crippen molar-refractivity contribution in [1.82, 2.24) is 4.90 Å². The van der Waals surface area contributed by atoms with Gasteiger partial charge in [0.15, 0.2) is 0 Å². The number of nitrogens with zero attached hydrogens (tertiary/aromatic N) is 1. The summed E-state index contributed by atoms with van der Waals surface area (Å²) in [5.74, 6) is -3.12. The number of rotatable bonds is 2. The van der Waals surface area contributed by atoms with Crippen LogP contribution in [0, 0.1) is 17.2 Å². The first-order chi connectivity index (χ1) is 11.1. The molecule has 1 aliphatic heterocycles. The first-order valence-corrected chi connectivity index (χ1v) is 7.54. The van der Waals surface area contributed by atoms with Crippen molar-refractivity contribution in [3.63, 3.8) is 0 Å². The fraction of sp³-hybridized carbons (Fsp3) is 0.500. The van der Waals surface area contributed by atoms with Gasteiger partial charge >= 0.3 is 12.1 Å². The number of benzene rings is 1. The summed E-state index contributed by atoms with van der Waals surface area (Å²) in [6, 6.07) is 1.68. The molecular formula is C16H15F4NO3. The lowest BCUT2D eigenvalue weighted by molar-refractivity contribution is -0.149. The minimum absolute atomic E-state index is 0.0519. The van der Waals surface area contributed by atoms with Crippen LogP contribution in [-0.2, 0) is 11.0 Å². The van der Waals surface area contributed by atoms with E-state index in [2.05, 4.69) is 0 Å². The fourth-order valence-electron chi connectivity index (χ4n) is 3.85. The minimum atomic E-state index is -4.76. The summed E-state index contributed by atoms with van der Waals surface area (Å²) in [7, 11) is 0. The van der Waals surface area contributed by atoms with E-state index in [1.807, 2.05) is 0 Å². The molecule has 0 spiro atoms. The molecule has 0 unspecified atom stereocenters. The summed E-state index contributed by atoms with van der Waals surface area (Å²) in [6.45, 7) is 0.118. The molecule has 3 rings (SSSR count). The monoisotopic (exact) mass is 345 g/mol. The van der Waals surface area contributed by atoms with E-state index in [0.717, 1.165) is 12.5 Å². The largest absolute Gasteiger partial charge is 0.481 e. The van der Waals surface area contributed by atoms with Crippen LogP contribution in [0.3, 0.4) is 0 Å². The molecule has 1 N–H and O–H groups in total. The van der Waals surface area contributed by atoms with Crippen LogP contribution >= 0.6 is 0 Å². The van der Waals surface area contributed by atoms with E-state index >= 15 is 0 Å². The number of alkyl halides is 3. The van der Waals surface area contributed by atoms with E-state index in [4.69, 9.17) is 0 Å². The number of aliphatic carboxylic acids is 1. The first kappa shape index (κ1) is 16.7. The number of likely N-dealkylation sites (tertiary alicyclic amines) is 1. The quantitative estimate of drug-likeness (QED) is 0.838. The second-order valence-electron chi connectivity index (χ2n) is 6.46. The van der Waals surface area contributed by atoms with E-state index in [-0.39, 0.29) is 19.0 Å². The number of hydrogen-bond donors (Lipinski definition) is 1. The van der Waals surface area contributed by atoms with Crippen LogP contribution in [0.1, 0.15) is 35.2 Å². The summed E-state index contributed by atoms with van der Waals surface area (Å²) in [4.78, 5) is 25.3. The average Bonchev–Trinajstić information content (AvgIpc) is 3.02. The molecule has 0 bridgehead atoms. The van der Waals surface area contributed by atoms with E-state index in [0.29, 0.717) is 25.0 Å². The van der Waals surface area contributed by atoms with Crippen molar-refractivity contribution in [3.05, 3.63) is 35.1 Å². The second-order valence-corrected chi connectivity index (χ2v) is 6.46. The molecule has 1 aromatic rings. The number of carbonyl (C=O) groups excluding carboxylic acids is 1. The standard InChI is InChI=1S/C16H15F4NO3/c17-12-5-9(4-11(6-12)16(18,19)20)13(22)21-7-10-2-1-3-15(10,8-21)14(23)24/h4-6,10H,1-3,7-8H2,(H,23,24)/t10-,15+/m0/s1. The van der Waals surface area contributed by atoms with Gasteiger partial charge in [0.05, 0.1) is 11.0 Å². The third-order valence-corrected chi connectivity index (χ3v) is 5.06. The molecule has 1 amide bonds. The van der Waals surface area contributed by atoms with Crippen molar-refractivity contribution >= 4 is 11.9 Å². The van der Waals surface area contributed by atoms with Gasteiger partial charge in [-0.15, -0.1) is 0 Å². The topological polar surface area (TPSA) is 57.6 Å². The Morgan fingerprint density at radius 1 is 1.25 bits per heavy atom. The number of amides is 1. The van der Waals surface area contributed by atoms with Crippen LogP contribution in [0.4, 0.5) is 17.6 Å². The third kappa shape index (κ3) is 2.63. The Bertz CT molecular complexity index is 703. The molecule has 130 valence electrons. The van der Waals surface area contributed by atoms with Crippen molar-refractivity contribution in [2.75, 3.05) is 13.1 Å². The molecule has 1 aromatic carbocycles. The number of carboxylic acids is 1. The maximum Gasteiger partial charge on any atom is 0.416 e. The Kier molecular flexibility index (Phi) is 3.80. The van der Waals surface area contributed by atoms with Crippen LogP contribution < -0.4 is 0 Å². The maximum atomic E-state index is 13.5.